The SMILES string of the molecule is OC(CCC(O)c1ccc(C(F)(F)F)cc1)c1ccc(C(F)(F)F)cc1. The Hall–Kier alpha value is -2.06. The zero-order chi connectivity index (χ0) is 19.5. The molecule has 0 aromatic heterocycles. The van der Waals surface area contributed by atoms with E-state index in [0.29, 0.717) is 0 Å². The van der Waals surface area contributed by atoms with Crippen LogP contribution in [-0.2, 0) is 12.4 Å². The quantitative estimate of drug-likeness (QED) is 0.696. The van der Waals surface area contributed by atoms with Gasteiger partial charge in [-0.15, -0.1) is 0 Å². The van der Waals surface area contributed by atoms with Crippen LogP contribution in [0, 0.1) is 0 Å². The molecule has 0 saturated carbocycles. The van der Waals surface area contributed by atoms with Crippen LogP contribution < -0.4 is 0 Å². The second-order valence-corrected chi connectivity index (χ2v) is 5.85. The van der Waals surface area contributed by atoms with E-state index >= 15 is 0 Å². The van der Waals surface area contributed by atoms with Crippen LogP contribution in [-0.4, -0.2) is 10.2 Å². The van der Waals surface area contributed by atoms with Crippen LogP contribution in [0.25, 0.3) is 0 Å². The molecule has 0 aliphatic rings. The maximum Gasteiger partial charge on any atom is 0.416 e. The van der Waals surface area contributed by atoms with Gasteiger partial charge in [-0.3, -0.25) is 0 Å². The third-order valence-electron chi connectivity index (χ3n) is 3.96. The van der Waals surface area contributed by atoms with Crippen LogP contribution in [0.2, 0.25) is 0 Å². The van der Waals surface area contributed by atoms with Crippen molar-refractivity contribution in [1.82, 2.24) is 0 Å². The maximum atomic E-state index is 12.5. The van der Waals surface area contributed by atoms with Gasteiger partial charge < -0.3 is 10.2 Å². The lowest BCUT2D eigenvalue weighted by molar-refractivity contribution is -0.138. The highest BCUT2D eigenvalue weighted by Gasteiger charge is 2.31. The molecule has 2 aromatic carbocycles. The number of hydrogen-bond acceptors (Lipinski definition) is 2. The first-order valence-corrected chi connectivity index (χ1v) is 7.69. The van der Waals surface area contributed by atoms with Gasteiger partial charge in [0, 0.05) is 0 Å². The third-order valence-corrected chi connectivity index (χ3v) is 3.96. The minimum atomic E-state index is -4.47. The molecule has 8 heteroatoms. The summed E-state index contributed by atoms with van der Waals surface area (Å²) in [4.78, 5) is 0. The number of alkyl halides is 6. The van der Waals surface area contributed by atoms with Crippen molar-refractivity contribution in [3.05, 3.63) is 70.8 Å². The van der Waals surface area contributed by atoms with Gasteiger partial charge in [0.15, 0.2) is 0 Å². The van der Waals surface area contributed by atoms with Crippen molar-refractivity contribution >= 4 is 0 Å². The summed E-state index contributed by atoms with van der Waals surface area (Å²) in [6, 6.07) is 8.01. The minimum absolute atomic E-state index is 0.0353. The molecule has 2 N–H and O–H groups in total. The molecule has 0 radical (unpaired) electrons. The molecule has 2 nitrogen and oxygen atoms in total. The molecule has 0 aliphatic carbocycles. The topological polar surface area (TPSA) is 40.5 Å². The van der Waals surface area contributed by atoms with Gasteiger partial charge >= 0.3 is 12.4 Å². The van der Waals surface area contributed by atoms with Crippen LogP contribution in [0.3, 0.4) is 0 Å². The van der Waals surface area contributed by atoms with E-state index in [4.69, 9.17) is 0 Å². The van der Waals surface area contributed by atoms with Crippen LogP contribution in [0.4, 0.5) is 26.3 Å². The average molecular weight is 378 g/mol. The monoisotopic (exact) mass is 378 g/mol. The molecular formula is C18H16F6O2. The Morgan fingerprint density at radius 1 is 0.577 bits per heavy atom. The first-order valence-electron chi connectivity index (χ1n) is 7.69. The summed E-state index contributed by atoms with van der Waals surface area (Å²) < 4.78 is 75.0. The minimum Gasteiger partial charge on any atom is -0.388 e. The molecule has 0 heterocycles. The van der Waals surface area contributed by atoms with Gasteiger partial charge in [-0.25, -0.2) is 0 Å². The molecule has 26 heavy (non-hydrogen) atoms. The average Bonchev–Trinajstić information content (AvgIpc) is 2.58. The van der Waals surface area contributed by atoms with E-state index in [9.17, 15) is 36.6 Å². The standard InChI is InChI=1S/C18H16F6O2/c19-17(20,21)13-5-1-11(2-6-13)15(25)9-10-16(26)12-3-7-14(8-4-12)18(22,23)24/h1-8,15-16,25-26H,9-10H2. The number of aliphatic hydroxyl groups is 2. The van der Waals surface area contributed by atoms with Gasteiger partial charge in [-0.1, -0.05) is 24.3 Å². The van der Waals surface area contributed by atoms with Crippen LogP contribution >= 0.6 is 0 Å². The van der Waals surface area contributed by atoms with Crippen LogP contribution in [0.1, 0.15) is 47.3 Å². The molecule has 0 fully saturated rings. The number of halogens is 6. The highest BCUT2D eigenvalue weighted by Crippen LogP contribution is 2.32. The lowest BCUT2D eigenvalue weighted by atomic mass is 9.98. The predicted octanol–water partition coefficient (Wildman–Crippen LogP) is 5.27. The summed E-state index contributed by atoms with van der Waals surface area (Å²) >= 11 is 0. The Labute approximate surface area is 145 Å². The molecule has 2 unspecified atom stereocenters. The number of aliphatic hydroxyl groups excluding tert-OH is 2. The Kier molecular flexibility index (Phi) is 5.98. The third kappa shape index (κ3) is 5.22. The second kappa shape index (κ2) is 7.67. The summed E-state index contributed by atoms with van der Waals surface area (Å²) in [5, 5.41) is 20.0. The summed E-state index contributed by atoms with van der Waals surface area (Å²) in [7, 11) is 0. The number of rotatable bonds is 5. The van der Waals surface area contributed by atoms with E-state index in [1.807, 2.05) is 0 Å². The molecule has 0 spiro atoms. The number of benzene rings is 2. The maximum absolute atomic E-state index is 12.5. The fourth-order valence-corrected chi connectivity index (χ4v) is 2.44. The lowest BCUT2D eigenvalue weighted by Gasteiger charge is -2.16. The number of hydrogen-bond donors (Lipinski definition) is 2. The first kappa shape index (κ1) is 20.3. The fraction of sp³-hybridized carbons (Fsp3) is 0.333. The fourth-order valence-electron chi connectivity index (χ4n) is 2.44. The lowest BCUT2D eigenvalue weighted by Crippen LogP contribution is -2.07. The van der Waals surface area contributed by atoms with Gasteiger partial charge in [0.25, 0.3) is 0 Å². The van der Waals surface area contributed by atoms with E-state index < -0.39 is 35.7 Å². The van der Waals surface area contributed by atoms with Gasteiger partial charge in [0.1, 0.15) is 0 Å². The Bertz CT molecular complexity index is 641. The van der Waals surface area contributed by atoms with Crippen molar-refractivity contribution < 1.29 is 36.6 Å². The Balaban J connectivity index is 1.95. The zero-order valence-electron chi connectivity index (χ0n) is 13.3. The molecule has 2 rings (SSSR count). The van der Waals surface area contributed by atoms with E-state index in [1.165, 1.54) is 0 Å². The molecule has 0 amide bonds. The highest BCUT2D eigenvalue weighted by atomic mass is 19.4. The van der Waals surface area contributed by atoms with Gasteiger partial charge in [0.2, 0.25) is 0 Å². The summed E-state index contributed by atoms with van der Waals surface area (Å²) in [5.74, 6) is 0. The van der Waals surface area contributed by atoms with Crippen molar-refractivity contribution in [3.63, 3.8) is 0 Å². The molecule has 2 atom stereocenters. The molecule has 0 aliphatic heterocycles. The normalized spacial score (nSPS) is 14.9. The van der Waals surface area contributed by atoms with Gasteiger partial charge in [-0.05, 0) is 48.2 Å². The highest BCUT2D eigenvalue weighted by molar-refractivity contribution is 5.27. The van der Waals surface area contributed by atoms with Crippen molar-refractivity contribution in [3.8, 4) is 0 Å². The first-order chi connectivity index (χ1) is 12.0. The van der Waals surface area contributed by atoms with E-state index in [-0.39, 0.29) is 24.0 Å². The van der Waals surface area contributed by atoms with E-state index in [0.717, 1.165) is 48.5 Å². The van der Waals surface area contributed by atoms with Gasteiger partial charge in [0.05, 0.1) is 23.3 Å². The molecular weight excluding hydrogens is 362 g/mol. The smallest absolute Gasteiger partial charge is 0.388 e. The van der Waals surface area contributed by atoms with Crippen molar-refractivity contribution in [1.29, 1.82) is 0 Å². The largest absolute Gasteiger partial charge is 0.416 e. The molecule has 142 valence electrons. The molecule has 2 aromatic rings. The predicted molar refractivity (Wildman–Crippen MR) is 82.0 cm³/mol. The Morgan fingerprint density at radius 3 is 1.08 bits per heavy atom. The van der Waals surface area contributed by atoms with Crippen molar-refractivity contribution in [2.75, 3.05) is 0 Å². The Morgan fingerprint density at radius 2 is 0.846 bits per heavy atom. The summed E-state index contributed by atoms with van der Waals surface area (Å²) in [6.45, 7) is 0. The molecule has 0 bridgehead atoms. The summed E-state index contributed by atoms with van der Waals surface area (Å²) in [5.41, 5.74) is -1.15. The zero-order valence-corrected chi connectivity index (χ0v) is 13.3. The van der Waals surface area contributed by atoms with E-state index in [1.54, 1.807) is 0 Å². The van der Waals surface area contributed by atoms with Crippen LogP contribution in [0.15, 0.2) is 48.5 Å². The van der Waals surface area contributed by atoms with Crippen molar-refractivity contribution in [2.45, 2.75) is 37.4 Å². The van der Waals surface area contributed by atoms with Gasteiger partial charge in [-0.2, -0.15) is 26.3 Å². The van der Waals surface area contributed by atoms with Crippen molar-refractivity contribution in [2.24, 2.45) is 0 Å². The summed E-state index contributed by atoms with van der Waals surface area (Å²) in [6.07, 6.45) is -11.1. The van der Waals surface area contributed by atoms with E-state index in [2.05, 4.69) is 0 Å². The molecule has 0 saturated heterocycles. The second-order valence-electron chi connectivity index (χ2n) is 5.85. The van der Waals surface area contributed by atoms with Crippen LogP contribution in [0.5, 0.6) is 0 Å².